The van der Waals surface area contributed by atoms with Gasteiger partial charge in [-0.15, -0.1) is 0 Å². The Labute approximate surface area is 195 Å². The summed E-state index contributed by atoms with van der Waals surface area (Å²) in [6, 6.07) is 48.8. The number of hydrogen-bond acceptors (Lipinski definition) is 1. The molecule has 0 amide bonds. The van der Waals surface area contributed by atoms with Gasteiger partial charge in [-0.3, -0.25) is 0 Å². The molecule has 0 heterocycles. The van der Waals surface area contributed by atoms with Gasteiger partial charge in [0, 0.05) is 11.4 Å². The van der Waals surface area contributed by atoms with E-state index < -0.39 is 0 Å². The van der Waals surface area contributed by atoms with Crippen molar-refractivity contribution in [3.8, 4) is 11.1 Å². The van der Waals surface area contributed by atoms with Crippen molar-refractivity contribution in [2.45, 2.75) is 0 Å². The van der Waals surface area contributed by atoms with Crippen molar-refractivity contribution in [3.63, 3.8) is 0 Å². The van der Waals surface area contributed by atoms with Crippen LogP contribution in [0.25, 0.3) is 23.3 Å². The number of nitrogens with zero attached hydrogens (tertiary/aromatic N) is 1. The standard InChI is InChI=1S/C32H25N/c1-4-12-26(13-5-1)20-21-29-16-10-11-19-32(29)33(30-17-8-3-9-18-30)31-24-22-28(23-25-31)27-14-6-2-7-15-27/h1-25H/b21-20+. The Hall–Kier alpha value is -4.36. The van der Waals surface area contributed by atoms with Gasteiger partial charge in [-0.25, -0.2) is 0 Å². The van der Waals surface area contributed by atoms with Gasteiger partial charge in [0.2, 0.25) is 0 Å². The van der Waals surface area contributed by atoms with E-state index >= 15 is 0 Å². The molecule has 0 N–H and O–H groups in total. The smallest absolute Gasteiger partial charge is 0.0533 e. The summed E-state index contributed by atoms with van der Waals surface area (Å²) in [7, 11) is 0. The van der Waals surface area contributed by atoms with E-state index in [0.717, 1.165) is 22.6 Å². The lowest BCUT2D eigenvalue weighted by Gasteiger charge is -2.27. The predicted octanol–water partition coefficient (Wildman–Crippen LogP) is 8.99. The zero-order chi connectivity index (χ0) is 22.3. The molecule has 0 unspecified atom stereocenters. The summed E-state index contributed by atoms with van der Waals surface area (Å²) in [6.07, 6.45) is 4.36. The third-order valence-electron chi connectivity index (χ3n) is 5.68. The molecule has 1 heteroatoms. The van der Waals surface area contributed by atoms with Gasteiger partial charge in [0.05, 0.1) is 5.69 Å². The van der Waals surface area contributed by atoms with E-state index in [0.29, 0.717) is 0 Å². The van der Waals surface area contributed by atoms with Gasteiger partial charge in [0.25, 0.3) is 0 Å². The summed E-state index contributed by atoms with van der Waals surface area (Å²) >= 11 is 0. The van der Waals surface area contributed by atoms with E-state index in [2.05, 4.69) is 151 Å². The SMILES string of the molecule is C(=C\c1ccccc1N(c1ccccc1)c1ccc(-c2ccccc2)cc1)/c1ccccc1. The molecular formula is C32H25N. The van der Waals surface area contributed by atoms with Crippen molar-refractivity contribution in [3.05, 3.63) is 151 Å². The van der Waals surface area contributed by atoms with Gasteiger partial charge in [-0.05, 0) is 52.6 Å². The van der Waals surface area contributed by atoms with Gasteiger partial charge in [-0.2, -0.15) is 0 Å². The molecule has 0 fully saturated rings. The lowest BCUT2D eigenvalue weighted by atomic mass is 10.0. The third-order valence-corrected chi connectivity index (χ3v) is 5.68. The van der Waals surface area contributed by atoms with Crippen LogP contribution >= 0.6 is 0 Å². The number of rotatable bonds is 6. The van der Waals surface area contributed by atoms with Crippen molar-refractivity contribution >= 4 is 29.2 Å². The third kappa shape index (κ3) is 4.78. The Morgan fingerprint density at radius 2 is 0.909 bits per heavy atom. The average molecular weight is 424 g/mol. The minimum Gasteiger partial charge on any atom is -0.310 e. The first-order valence-electron chi connectivity index (χ1n) is 11.2. The maximum absolute atomic E-state index is 2.32. The van der Waals surface area contributed by atoms with Crippen molar-refractivity contribution in [2.24, 2.45) is 0 Å². The van der Waals surface area contributed by atoms with Crippen molar-refractivity contribution < 1.29 is 0 Å². The van der Waals surface area contributed by atoms with Gasteiger partial charge < -0.3 is 4.90 Å². The maximum Gasteiger partial charge on any atom is 0.0533 e. The fourth-order valence-corrected chi connectivity index (χ4v) is 4.02. The fraction of sp³-hybridized carbons (Fsp3) is 0. The van der Waals surface area contributed by atoms with E-state index in [1.165, 1.54) is 16.7 Å². The molecule has 0 bridgehead atoms. The summed E-state index contributed by atoms with van der Waals surface area (Å²) < 4.78 is 0. The van der Waals surface area contributed by atoms with Gasteiger partial charge in [0.1, 0.15) is 0 Å². The summed E-state index contributed by atoms with van der Waals surface area (Å²) in [5.41, 5.74) is 8.18. The number of benzene rings is 5. The molecule has 5 aromatic rings. The Bertz CT molecular complexity index is 1320. The van der Waals surface area contributed by atoms with Gasteiger partial charge >= 0.3 is 0 Å². The van der Waals surface area contributed by atoms with Crippen LogP contribution in [0.15, 0.2) is 140 Å². The molecule has 1 nitrogen and oxygen atoms in total. The quantitative estimate of drug-likeness (QED) is 0.246. The van der Waals surface area contributed by atoms with Crippen LogP contribution in [0.1, 0.15) is 11.1 Å². The largest absolute Gasteiger partial charge is 0.310 e. The van der Waals surface area contributed by atoms with Crippen LogP contribution in [0.2, 0.25) is 0 Å². The van der Waals surface area contributed by atoms with Gasteiger partial charge in [0.15, 0.2) is 0 Å². The van der Waals surface area contributed by atoms with Crippen LogP contribution in [-0.4, -0.2) is 0 Å². The maximum atomic E-state index is 2.32. The van der Waals surface area contributed by atoms with E-state index in [1.54, 1.807) is 0 Å². The summed E-state index contributed by atoms with van der Waals surface area (Å²) in [5, 5.41) is 0. The molecule has 33 heavy (non-hydrogen) atoms. The minimum absolute atomic E-state index is 1.13. The summed E-state index contributed by atoms with van der Waals surface area (Å²) in [4.78, 5) is 2.32. The molecular weight excluding hydrogens is 398 g/mol. The van der Waals surface area contributed by atoms with Crippen LogP contribution in [0.3, 0.4) is 0 Å². The molecule has 0 saturated carbocycles. The van der Waals surface area contributed by atoms with E-state index in [4.69, 9.17) is 0 Å². The molecule has 0 spiro atoms. The average Bonchev–Trinajstić information content (AvgIpc) is 2.90. The molecule has 0 aromatic heterocycles. The van der Waals surface area contributed by atoms with Gasteiger partial charge in [-0.1, -0.05) is 121 Å². The topological polar surface area (TPSA) is 3.24 Å². The Morgan fingerprint density at radius 1 is 0.394 bits per heavy atom. The van der Waals surface area contributed by atoms with Crippen molar-refractivity contribution in [1.82, 2.24) is 0 Å². The first-order valence-corrected chi connectivity index (χ1v) is 11.2. The molecule has 5 aromatic carbocycles. The fourth-order valence-electron chi connectivity index (χ4n) is 4.02. The monoisotopic (exact) mass is 423 g/mol. The zero-order valence-electron chi connectivity index (χ0n) is 18.4. The molecule has 0 aliphatic heterocycles. The normalized spacial score (nSPS) is 10.9. The lowest BCUT2D eigenvalue weighted by Crippen LogP contribution is -2.11. The molecule has 0 saturated heterocycles. The van der Waals surface area contributed by atoms with Crippen LogP contribution in [0.5, 0.6) is 0 Å². The van der Waals surface area contributed by atoms with Crippen molar-refractivity contribution in [1.29, 1.82) is 0 Å². The molecule has 0 aliphatic rings. The van der Waals surface area contributed by atoms with Crippen LogP contribution in [0, 0.1) is 0 Å². The highest BCUT2D eigenvalue weighted by Gasteiger charge is 2.14. The molecule has 0 atom stereocenters. The zero-order valence-corrected chi connectivity index (χ0v) is 18.4. The molecule has 0 aliphatic carbocycles. The highest BCUT2D eigenvalue weighted by molar-refractivity contribution is 5.85. The second kappa shape index (κ2) is 9.84. The van der Waals surface area contributed by atoms with Crippen LogP contribution < -0.4 is 4.90 Å². The number of hydrogen-bond donors (Lipinski definition) is 0. The predicted molar refractivity (Wildman–Crippen MR) is 142 cm³/mol. The second-order valence-electron chi connectivity index (χ2n) is 7.89. The lowest BCUT2D eigenvalue weighted by molar-refractivity contribution is 1.28. The number of para-hydroxylation sites is 2. The number of anilines is 3. The molecule has 5 rings (SSSR count). The summed E-state index contributed by atoms with van der Waals surface area (Å²) in [6.45, 7) is 0. The van der Waals surface area contributed by atoms with E-state index in [1.807, 2.05) is 6.07 Å². The van der Waals surface area contributed by atoms with E-state index in [9.17, 15) is 0 Å². The Morgan fingerprint density at radius 3 is 1.61 bits per heavy atom. The van der Waals surface area contributed by atoms with E-state index in [-0.39, 0.29) is 0 Å². The first-order chi connectivity index (χ1) is 16.4. The Kier molecular flexibility index (Phi) is 6.13. The molecule has 0 radical (unpaired) electrons. The first kappa shape index (κ1) is 20.5. The second-order valence-corrected chi connectivity index (χ2v) is 7.89. The highest BCUT2D eigenvalue weighted by Crippen LogP contribution is 2.37. The van der Waals surface area contributed by atoms with Crippen LogP contribution in [-0.2, 0) is 0 Å². The van der Waals surface area contributed by atoms with Crippen molar-refractivity contribution in [2.75, 3.05) is 4.90 Å². The van der Waals surface area contributed by atoms with Crippen LogP contribution in [0.4, 0.5) is 17.1 Å². The minimum atomic E-state index is 1.13. The Balaban J connectivity index is 1.57. The molecule has 158 valence electrons. The highest BCUT2D eigenvalue weighted by atomic mass is 15.1. The summed E-state index contributed by atoms with van der Waals surface area (Å²) in [5.74, 6) is 0.